The van der Waals surface area contributed by atoms with E-state index in [4.69, 9.17) is 0 Å². The third kappa shape index (κ3) is 3.84. The van der Waals surface area contributed by atoms with Gasteiger partial charge in [0.2, 0.25) is 5.91 Å². The zero-order chi connectivity index (χ0) is 14.5. The van der Waals surface area contributed by atoms with Gasteiger partial charge in [-0.05, 0) is 19.8 Å². The van der Waals surface area contributed by atoms with Gasteiger partial charge in [-0.1, -0.05) is 12.8 Å². The maximum Gasteiger partial charge on any atom is 0.329 e. The van der Waals surface area contributed by atoms with Crippen molar-refractivity contribution in [2.24, 2.45) is 0 Å². The van der Waals surface area contributed by atoms with Crippen molar-refractivity contribution in [1.82, 2.24) is 15.5 Å². The summed E-state index contributed by atoms with van der Waals surface area (Å²) in [6, 6.07) is -0.609. The van der Waals surface area contributed by atoms with Crippen molar-refractivity contribution in [1.29, 1.82) is 0 Å². The number of hydrogen-bond donors (Lipinski definition) is 3. The summed E-state index contributed by atoms with van der Waals surface area (Å²) < 4.78 is 0. The molecule has 0 aromatic carbocycles. The molecular formula is C12H21N3O4. The van der Waals surface area contributed by atoms with E-state index >= 15 is 0 Å². The largest absolute Gasteiger partial charge is 0.480 e. The standard InChI is InChI=1S/C12H21N3O4/c1-3-15(2)9(16)8-13-11(19)14-12(10(17)18)6-4-5-7-12/h3-8H2,1-2H3,(H,17,18)(H2,13,14,19). The summed E-state index contributed by atoms with van der Waals surface area (Å²) >= 11 is 0. The summed E-state index contributed by atoms with van der Waals surface area (Å²) in [5.74, 6) is -1.23. The van der Waals surface area contributed by atoms with Crippen LogP contribution in [0.5, 0.6) is 0 Å². The molecule has 1 fully saturated rings. The number of hydrogen-bond acceptors (Lipinski definition) is 3. The lowest BCUT2D eigenvalue weighted by atomic mass is 9.98. The second-order valence-corrected chi connectivity index (χ2v) is 4.81. The van der Waals surface area contributed by atoms with Crippen molar-refractivity contribution < 1.29 is 19.5 Å². The smallest absolute Gasteiger partial charge is 0.329 e. The summed E-state index contributed by atoms with van der Waals surface area (Å²) in [5, 5.41) is 14.1. The van der Waals surface area contributed by atoms with Crippen LogP contribution in [0, 0.1) is 0 Å². The summed E-state index contributed by atoms with van der Waals surface area (Å²) in [6.07, 6.45) is 2.42. The summed E-state index contributed by atoms with van der Waals surface area (Å²) in [5.41, 5.74) is -1.18. The fourth-order valence-corrected chi connectivity index (χ4v) is 2.10. The fourth-order valence-electron chi connectivity index (χ4n) is 2.10. The van der Waals surface area contributed by atoms with Gasteiger partial charge in [0.05, 0.1) is 6.54 Å². The Kier molecular flexibility index (Phi) is 5.14. The lowest BCUT2D eigenvalue weighted by Crippen LogP contribution is -2.56. The molecule has 0 radical (unpaired) electrons. The lowest BCUT2D eigenvalue weighted by molar-refractivity contribution is -0.144. The molecule has 0 heterocycles. The highest BCUT2D eigenvalue weighted by Crippen LogP contribution is 2.29. The number of urea groups is 1. The number of nitrogens with one attached hydrogen (secondary N) is 2. The molecule has 0 spiro atoms. The first-order valence-electron chi connectivity index (χ1n) is 6.44. The molecule has 0 unspecified atom stereocenters. The number of aliphatic carboxylic acids is 1. The summed E-state index contributed by atoms with van der Waals surface area (Å²) in [7, 11) is 1.64. The van der Waals surface area contributed by atoms with Gasteiger partial charge >= 0.3 is 12.0 Å². The Balaban J connectivity index is 2.46. The van der Waals surface area contributed by atoms with Gasteiger partial charge in [0.25, 0.3) is 0 Å². The van der Waals surface area contributed by atoms with Gasteiger partial charge in [0.1, 0.15) is 5.54 Å². The average Bonchev–Trinajstić information content (AvgIpc) is 2.84. The molecule has 7 nitrogen and oxygen atoms in total. The van der Waals surface area contributed by atoms with Crippen molar-refractivity contribution in [3.63, 3.8) is 0 Å². The Morgan fingerprint density at radius 3 is 2.32 bits per heavy atom. The third-order valence-electron chi connectivity index (χ3n) is 3.52. The van der Waals surface area contributed by atoms with Gasteiger partial charge in [-0.15, -0.1) is 0 Å². The third-order valence-corrected chi connectivity index (χ3v) is 3.52. The molecule has 108 valence electrons. The molecule has 3 N–H and O–H groups in total. The molecule has 0 saturated heterocycles. The second-order valence-electron chi connectivity index (χ2n) is 4.81. The highest BCUT2D eigenvalue weighted by Gasteiger charge is 2.42. The van der Waals surface area contributed by atoms with Crippen LogP contribution in [0.25, 0.3) is 0 Å². The van der Waals surface area contributed by atoms with E-state index in [1.807, 2.05) is 6.92 Å². The van der Waals surface area contributed by atoms with E-state index in [2.05, 4.69) is 10.6 Å². The van der Waals surface area contributed by atoms with Crippen molar-refractivity contribution in [3.05, 3.63) is 0 Å². The van der Waals surface area contributed by atoms with Crippen LogP contribution < -0.4 is 10.6 Å². The molecular weight excluding hydrogens is 250 g/mol. The van der Waals surface area contributed by atoms with Crippen molar-refractivity contribution >= 4 is 17.9 Å². The molecule has 0 atom stereocenters. The number of carboxylic acids is 1. The molecule has 3 amide bonds. The quantitative estimate of drug-likeness (QED) is 0.663. The Labute approximate surface area is 112 Å². The number of carboxylic acid groups (broad SMARTS) is 1. The molecule has 1 rings (SSSR count). The zero-order valence-corrected chi connectivity index (χ0v) is 11.4. The van der Waals surface area contributed by atoms with Crippen LogP contribution in [0.15, 0.2) is 0 Å². The van der Waals surface area contributed by atoms with Gasteiger partial charge < -0.3 is 20.6 Å². The number of likely N-dealkylation sites (N-methyl/N-ethyl adjacent to an activating group) is 1. The van der Waals surface area contributed by atoms with Gasteiger partial charge in [-0.3, -0.25) is 4.79 Å². The lowest BCUT2D eigenvalue weighted by Gasteiger charge is -2.25. The van der Waals surface area contributed by atoms with Crippen LogP contribution in [0.1, 0.15) is 32.6 Å². The molecule has 1 aliphatic carbocycles. The van der Waals surface area contributed by atoms with Crippen molar-refractivity contribution in [3.8, 4) is 0 Å². The van der Waals surface area contributed by atoms with Crippen LogP contribution in [0.3, 0.4) is 0 Å². The average molecular weight is 271 g/mol. The number of nitrogens with zero attached hydrogens (tertiary/aromatic N) is 1. The Bertz CT molecular complexity index is 364. The highest BCUT2D eigenvalue weighted by atomic mass is 16.4. The first-order valence-corrected chi connectivity index (χ1v) is 6.44. The van der Waals surface area contributed by atoms with Crippen molar-refractivity contribution in [2.75, 3.05) is 20.1 Å². The molecule has 1 saturated carbocycles. The van der Waals surface area contributed by atoms with Crippen LogP contribution in [0.4, 0.5) is 4.79 Å². The van der Waals surface area contributed by atoms with E-state index < -0.39 is 17.5 Å². The predicted octanol–water partition coefficient (Wildman–Crippen LogP) is 0.161. The normalized spacial score (nSPS) is 16.7. The number of amides is 3. The number of carbonyl (C=O) groups excluding carboxylic acids is 2. The summed E-state index contributed by atoms with van der Waals surface area (Å²) in [4.78, 5) is 35.9. The molecule has 19 heavy (non-hydrogen) atoms. The molecule has 7 heteroatoms. The van der Waals surface area contributed by atoms with E-state index in [9.17, 15) is 19.5 Å². The van der Waals surface area contributed by atoms with Crippen LogP contribution in [0.2, 0.25) is 0 Å². The first-order chi connectivity index (χ1) is 8.91. The zero-order valence-electron chi connectivity index (χ0n) is 11.4. The Hall–Kier alpha value is -1.79. The van der Waals surface area contributed by atoms with Gasteiger partial charge in [0.15, 0.2) is 0 Å². The van der Waals surface area contributed by atoms with Gasteiger partial charge in [-0.25, -0.2) is 9.59 Å². The number of rotatable bonds is 5. The minimum absolute atomic E-state index is 0.133. The molecule has 0 bridgehead atoms. The van der Waals surface area contributed by atoms with Gasteiger partial charge in [0, 0.05) is 13.6 Å². The molecule has 0 aromatic heterocycles. The Morgan fingerprint density at radius 2 is 1.84 bits per heavy atom. The first kappa shape index (κ1) is 15.3. The van der Waals surface area contributed by atoms with E-state index in [-0.39, 0.29) is 12.5 Å². The maximum absolute atomic E-state index is 11.7. The molecule has 1 aliphatic rings. The van der Waals surface area contributed by atoms with Crippen LogP contribution in [-0.2, 0) is 9.59 Å². The maximum atomic E-state index is 11.7. The summed E-state index contributed by atoms with van der Waals surface area (Å²) in [6.45, 7) is 2.25. The van der Waals surface area contributed by atoms with Crippen LogP contribution in [-0.4, -0.2) is 53.6 Å². The Morgan fingerprint density at radius 1 is 1.26 bits per heavy atom. The van der Waals surface area contributed by atoms with Crippen LogP contribution >= 0.6 is 0 Å². The fraction of sp³-hybridized carbons (Fsp3) is 0.750. The van der Waals surface area contributed by atoms with Crippen molar-refractivity contribution in [2.45, 2.75) is 38.1 Å². The minimum Gasteiger partial charge on any atom is -0.480 e. The monoisotopic (exact) mass is 271 g/mol. The molecule has 0 aromatic rings. The minimum atomic E-state index is -1.18. The second kappa shape index (κ2) is 6.40. The predicted molar refractivity (Wildman–Crippen MR) is 68.7 cm³/mol. The van der Waals surface area contributed by atoms with E-state index in [1.165, 1.54) is 4.90 Å². The highest BCUT2D eigenvalue weighted by molar-refractivity contribution is 5.88. The van der Waals surface area contributed by atoms with Gasteiger partial charge in [-0.2, -0.15) is 0 Å². The SMILES string of the molecule is CCN(C)C(=O)CNC(=O)NC1(C(=O)O)CCCC1. The molecule has 0 aliphatic heterocycles. The van der Waals surface area contributed by atoms with E-state index in [1.54, 1.807) is 7.05 Å². The topological polar surface area (TPSA) is 98.7 Å². The number of carbonyl (C=O) groups is 3. The van der Waals surface area contributed by atoms with E-state index in [0.29, 0.717) is 19.4 Å². The van der Waals surface area contributed by atoms with E-state index in [0.717, 1.165) is 12.8 Å².